The van der Waals surface area contributed by atoms with Gasteiger partial charge in [0.2, 0.25) is 0 Å². The Bertz CT molecular complexity index is 413. The van der Waals surface area contributed by atoms with E-state index in [4.69, 9.17) is 5.73 Å². The first-order valence-electron chi connectivity index (χ1n) is 7.74. The molecular formula is C17H29N3. The smallest absolute Gasteiger partial charge is 0.0424 e. The molecule has 0 aromatic heterocycles. The van der Waals surface area contributed by atoms with Crippen LogP contribution in [0.25, 0.3) is 0 Å². The first-order valence-corrected chi connectivity index (χ1v) is 7.74. The van der Waals surface area contributed by atoms with Crippen molar-refractivity contribution in [3.63, 3.8) is 0 Å². The molecule has 1 aliphatic heterocycles. The van der Waals surface area contributed by atoms with Crippen molar-refractivity contribution in [2.75, 3.05) is 33.7 Å². The first-order chi connectivity index (χ1) is 9.51. The lowest BCUT2D eigenvalue weighted by Crippen LogP contribution is -2.36. The Labute approximate surface area is 123 Å². The summed E-state index contributed by atoms with van der Waals surface area (Å²) in [6.45, 7) is 7.77. The number of rotatable bonds is 5. The van der Waals surface area contributed by atoms with Gasteiger partial charge in [0.1, 0.15) is 0 Å². The summed E-state index contributed by atoms with van der Waals surface area (Å²) in [4.78, 5) is 4.85. The Morgan fingerprint density at radius 1 is 1.25 bits per heavy atom. The van der Waals surface area contributed by atoms with E-state index in [9.17, 15) is 0 Å². The van der Waals surface area contributed by atoms with E-state index in [1.807, 2.05) is 0 Å². The molecule has 3 atom stereocenters. The third kappa shape index (κ3) is 3.60. The highest BCUT2D eigenvalue weighted by atomic mass is 15.2. The molecule has 2 N–H and O–H groups in total. The molecule has 1 aromatic rings. The van der Waals surface area contributed by atoms with Crippen LogP contribution in [0.2, 0.25) is 0 Å². The summed E-state index contributed by atoms with van der Waals surface area (Å²) in [5.74, 6) is 0.722. The molecule has 3 unspecified atom stereocenters. The zero-order valence-corrected chi connectivity index (χ0v) is 13.3. The molecular weight excluding hydrogens is 246 g/mol. The van der Waals surface area contributed by atoms with E-state index in [2.05, 4.69) is 62.0 Å². The normalized spacial score (nSPS) is 25.3. The van der Waals surface area contributed by atoms with Crippen molar-refractivity contribution in [1.29, 1.82) is 0 Å². The average Bonchev–Trinajstić information content (AvgIpc) is 2.79. The maximum absolute atomic E-state index is 6.38. The number of aryl methyl sites for hydroxylation is 1. The highest BCUT2D eigenvalue weighted by molar-refractivity contribution is 5.25. The van der Waals surface area contributed by atoms with Crippen LogP contribution in [0.15, 0.2) is 24.3 Å². The predicted molar refractivity (Wildman–Crippen MR) is 85.8 cm³/mol. The fraction of sp³-hybridized carbons (Fsp3) is 0.647. The lowest BCUT2D eigenvalue weighted by atomic mass is 10.0. The minimum atomic E-state index is 0.119. The van der Waals surface area contributed by atoms with Gasteiger partial charge in [0.25, 0.3) is 0 Å². The minimum Gasteiger partial charge on any atom is -0.323 e. The lowest BCUT2D eigenvalue weighted by molar-refractivity contribution is 0.248. The first kappa shape index (κ1) is 15.5. The van der Waals surface area contributed by atoms with Gasteiger partial charge in [-0.3, -0.25) is 4.90 Å². The van der Waals surface area contributed by atoms with Gasteiger partial charge in [-0.25, -0.2) is 0 Å². The molecule has 1 fully saturated rings. The van der Waals surface area contributed by atoms with E-state index in [0.29, 0.717) is 6.04 Å². The Hall–Kier alpha value is -0.900. The van der Waals surface area contributed by atoms with E-state index in [1.165, 1.54) is 11.1 Å². The van der Waals surface area contributed by atoms with Crippen LogP contribution >= 0.6 is 0 Å². The van der Waals surface area contributed by atoms with Crippen molar-refractivity contribution < 1.29 is 0 Å². The van der Waals surface area contributed by atoms with Crippen LogP contribution in [0.3, 0.4) is 0 Å². The second-order valence-electron chi connectivity index (χ2n) is 6.43. The maximum atomic E-state index is 6.38. The van der Waals surface area contributed by atoms with Crippen molar-refractivity contribution in [3.8, 4) is 0 Å². The number of likely N-dealkylation sites (tertiary alicyclic amines) is 1. The second kappa shape index (κ2) is 6.70. The van der Waals surface area contributed by atoms with Crippen LogP contribution in [0.4, 0.5) is 0 Å². The number of likely N-dealkylation sites (N-methyl/N-ethyl adjacent to an activating group) is 1. The molecule has 0 amide bonds. The Balaban J connectivity index is 1.93. The highest BCUT2D eigenvalue weighted by Crippen LogP contribution is 2.22. The molecule has 0 radical (unpaired) electrons. The third-order valence-electron chi connectivity index (χ3n) is 4.58. The molecule has 3 heteroatoms. The predicted octanol–water partition coefficient (Wildman–Crippen LogP) is 2.13. The number of hydrogen-bond donors (Lipinski definition) is 1. The van der Waals surface area contributed by atoms with Gasteiger partial charge in [0.05, 0.1) is 0 Å². The number of nitrogens with two attached hydrogens (primary N) is 1. The number of hydrogen-bond acceptors (Lipinski definition) is 3. The number of nitrogens with zero attached hydrogens (tertiary/aromatic N) is 2. The topological polar surface area (TPSA) is 32.5 Å². The quantitative estimate of drug-likeness (QED) is 0.893. The van der Waals surface area contributed by atoms with Crippen molar-refractivity contribution >= 4 is 0 Å². The Morgan fingerprint density at radius 3 is 2.40 bits per heavy atom. The SMILES string of the molecule is CCc1ccc(C(N)CN2CC(C)C(N(C)C)C2)cc1. The van der Waals surface area contributed by atoms with E-state index in [0.717, 1.165) is 32.0 Å². The van der Waals surface area contributed by atoms with Crippen LogP contribution in [0.5, 0.6) is 0 Å². The van der Waals surface area contributed by atoms with Gasteiger partial charge in [0.15, 0.2) is 0 Å². The fourth-order valence-corrected chi connectivity index (χ4v) is 3.25. The number of benzene rings is 1. The molecule has 1 saturated heterocycles. The van der Waals surface area contributed by atoms with E-state index >= 15 is 0 Å². The molecule has 1 aromatic carbocycles. The van der Waals surface area contributed by atoms with Gasteiger partial charge in [-0.1, -0.05) is 38.1 Å². The van der Waals surface area contributed by atoms with Gasteiger partial charge in [-0.05, 0) is 37.6 Å². The maximum Gasteiger partial charge on any atom is 0.0424 e. The zero-order valence-electron chi connectivity index (χ0n) is 13.3. The van der Waals surface area contributed by atoms with Crippen molar-refractivity contribution in [1.82, 2.24) is 9.80 Å². The monoisotopic (exact) mass is 275 g/mol. The zero-order chi connectivity index (χ0) is 14.7. The standard InChI is InChI=1S/C17H29N3/c1-5-14-6-8-15(9-7-14)16(18)11-20-10-13(2)17(12-20)19(3)4/h6-9,13,16-17H,5,10-12,18H2,1-4H3. The summed E-state index contributed by atoms with van der Waals surface area (Å²) in [5.41, 5.74) is 9.01. The van der Waals surface area contributed by atoms with Crippen molar-refractivity contribution in [3.05, 3.63) is 35.4 Å². The lowest BCUT2D eigenvalue weighted by Gasteiger charge is -2.24. The van der Waals surface area contributed by atoms with Gasteiger partial charge >= 0.3 is 0 Å². The van der Waals surface area contributed by atoms with Crippen molar-refractivity contribution in [2.24, 2.45) is 11.7 Å². The molecule has 2 rings (SSSR count). The molecule has 1 heterocycles. The minimum absolute atomic E-state index is 0.119. The van der Waals surface area contributed by atoms with Crippen LogP contribution < -0.4 is 5.73 Å². The van der Waals surface area contributed by atoms with Crippen LogP contribution in [0.1, 0.15) is 31.0 Å². The average molecular weight is 275 g/mol. The second-order valence-corrected chi connectivity index (χ2v) is 6.43. The van der Waals surface area contributed by atoms with Crippen LogP contribution in [0, 0.1) is 5.92 Å². The van der Waals surface area contributed by atoms with Gasteiger partial charge in [-0.15, -0.1) is 0 Å². The third-order valence-corrected chi connectivity index (χ3v) is 4.58. The molecule has 112 valence electrons. The molecule has 20 heavy (non-hydrogen) atoms. The highest BCUT2D eigenvalue weighted by Gasteiger charge is 2.31. The molecule has 3 nitrogen and oxygen atoms in total. The Morgan fingerprint density at radius 2 is 1.90 bits per heavy atom. The summed E-state index contributed by atoms with van der Waals surface area (Å²) in [5, 5.41) is 0. The largest absolute Gasteiger partial charge is 0.323 e. The molecule has 0 saturated carbocycles. The van der Waals surface area contributed by atoms with Crippen LogP contribution in [-0.4, -0.2) is 49.6 Å². The van der Waals surface area contributed by atoms with Gasteiger partial charge in [-0.2, -0.15) is 0 Å². The molecule has 0 bridgehead atoms. The van der Waals surface area contributed by atoms with E-state index < -0.39 is 0 Å². The van der Waals surface area contributed by atoms with Gasteiger partial charge < -0.3 is 10.6 Å². The Kier molecular flexibility index (Phi) is 5.19. The summed E-state index contributed by atoms with van der Waals surface area (Å²) >= 11 is 0. The van der Waals surface area contributed by atoms with Crippen LogP contribution in [-0.2, 0) is 6.42 Å². The summed E-state index contributed by atoms with van der Waals surface area (Å²) in [6.07, 6.45) is 1.09. The fourth-order valence-electron chi connectivity index (χ4n) is 3.25. The molecule has 0 spiro atoms. The molecule has 0 aliphatic carbocycles. The summed E-state index contributed by atoms with van der Waals surface area (Å²) in [7, 11) is 4.35. The summed E-state index contributed by atoms with van der Waals surface area (Å²) < 4.78 is 0. The van der Waals surface area contributed by atoms with E-state index in [-0.39, 0.29) is 6.04 Å². The van der Waals surface area contributed by atoms with Crippen molar-refractivity contribution in [2.45, 2.75) is 32.4 Å². The van der Waals surface area contributed by atoms with Gasteiger partial charge in [0, 0.05) is 31.7 Å². The molecule has 1 aliphatic rings. The summed E-state index contributed by atoms with van der Waals surface area (Å²) in [6, 6.07) is 9.55. The van der Waals surface area contributed by atoms with E-state index in [1.54, 1.807) is 0 Å².